The molecule has 0 atom stereocenters. The third-order valence-corrected chi connectivity index (χ3v) is 2.61. The van der Waals surface area contributed by atoms with Gasteiger partial charge >= 0.3 is 5.97 Å². The lowest BCUT2D eigenvalue weighted by molar-refractivity contribution is -0.384. The Morgan fingerprint density at radius 3 is 2.65 bits per heavy atom. The molecule has 0 heterocycles. The standard InChI is InChI=1S/C13H19N3O4/c1-3-20-13(17)5-4-6-15-11-7-10(14-2)8-12(9-11)16(18)19/h7-9,14-15H,3-6H2,1-2H3. The van der Waals surface area contributed by atoms with Crippen molar-refractivity contribution in [3.63, 3.8) is 0 Å². The molecule has 0 aliphatic carbocycles. The maximum Gasteiger partial charge on any atom is 0.305 e. The number of esters is 1. The molecule has 0 radical (unpaired) electrons. The number of hydrogen-bond donors (Lipinski definition) is 2. The summed E-state index contributed by atoms with van der Waals surface area (Å²) in [7, 11) is 1.70. The number of carbonyl (C=O) groups is 1. The fourth-order valence-corrected chi connectivity index (χ4v) is 1.66. The molecule has 0 amide bonds. The zero-order valence-corrected chi connectivity index (χ0v) is 11.6. The molecule has 110 valence electrons. The monoisotopic (exact) mass is 281 g/mol. The highest BCUT2D eigenvalue weighted by Gasteiger charge is 2.09. The van der Waals surface area contributed by atoms with Gasteiger partial charge in [0.25, 0.3) is 5.69 Å². The van der Waals surface area contributed by atoms with E-state index >= 15 is 0 Å². The second-order valence-corrected chi connectivity index (χ2v) is 4.11. The van der Waals surface area contributed by atoms with Gasteiger partial charge in [-0.1, -0.05) is 0 Å². The minimum Gasteiger partial charge on any atom is -0.466 e. The van der Waals surface area contributed by atoms with Crippen LogP contribution in [0.5, 0.6) is 0 Å². The zero-order valence-electron chi connectivity index (χ0n) is 11.6. The van der Waals surface area contributed by atoms with Crippen LogP contribution in [0.1, 0.15) is 19.8 Å². The number of non-ortho nitro benzene ring substituents is 1. The fraction of sp³-hybridized carbons (Fsp3) is 0.462. The lowest BCUT2D eigenvalue weighted by Gasteiger charge is -2.08. The van der Waals surface area contributed by atoms with E-state index in [1.807, 2.05) is 0 Å². The lowest BCUT2D eigenvalue weighted by atomic mass is 10.2. The molecule has 0 unspecified atom stereocenters. The quantitative estimate of drug-likeness (QED) is 0.329. The number of anilines is 2. The Kier molecular flexibility index (Phi) is 6.28. The number of nitro groups is 1. The van der Waals surface area contributed by atoms with Crippen LogP contribution < -0.4 is 10.6 Å². The summed E-state index contributed by atoms with van der Waals surface area (Å²) in [5, 5.41) is 16.7. The van der Waals surface area contributed by atoms with Crippen LogP contribution >= 0.6 is 0 Å². The van der Waals surface area contributed by atoms with E-state index in [9.17, 15) is 14.9 Å². The number of ether oxygens (including phenoxy) is 1. The molecule has 0 saturated carbocycles. The van der Waals surface area contributed by atoms with Crippen LogP contribution in [0.25, 0.3) is 0 Å². The number of nitro benzene ring substituents is 1. The summed E-state index contributed by atoms with van der Waals surface area (Å²) in [6.07, 6.45) is 0.936. The van der Waals surface area contributed by atoms with Gasteiger partial charge in [-0.05, 0) is 19.4 Å². The number of hydrogen-bond acceptors (Lipinski definition) is 6. The molecule has 0 spiro atoms. The molecule has 0 saturated heterocycles. The van der Waals surface area contributed by atoms with Crippen LogP contribution in [0.4, 0.5) is 17.1 Å². The second-order valence-electron chi connectivity index (χ2n) is 4.11. The number of rotatable bonds is 8. The van der Waals surface area contributed by atoms with E-state index in [2.05, 4.69) is 10.6 Å². The minimum atomic E-state index is -0.440. The fourth-order valence-electron chi connectivity index (χ4n) is 1.66. The predicted octanol–water partition coefficient (Wildman–Crippen LogP) is 2.39. The normalized spacial score (nSPS) is 9.90. The first-order valence-corrected chi connectivity index (χ1v) is 6.43. The summed E-state index contributed by atoms with van der Waals surface area (Å²) in [6, 6.07) is 4.70. The topological polar surface area (TPSA) is 93.5 Å². The van der Waals surface area contributed by atoms with Gasteiger partial charge in [0.15, 0.2) is 0 Å². The van der Waals surface area contributed by atoms with E-state index < -0.39 is 4.92 Å². The molecule has 0 aliphatic rings. The molecular formula is C13H19N3O4. The molecule has 1 rings (SSSR count). The molecule has 0 fully saturated rings. The van der Waals surface area contributed by atoms with Crippen molar-refractivity contribution in [3.8, 4) is 0 Å². The molecular weight excluding hydrogens is 262 g/mol. The van der Waals surface area contributed by atoms with E-state index in [-0.39, 0.29) is 11.7 Å². The average Bonchev–Trinajstić information content (AvgIpc) is 2.43. The molecule has 7 nitrogen and oxygen atoms in total. The van der Waals surface area contributed by atoms with Crippen LogP contribution in [0.15, 0.2) is 18.2 Å². The lowest BCUT2D eigenvalue weighted by Crippen LogP contribution is -2.08. The Hall–Kier alpha value is -2.31. The predicted molar refractivity (Wildman–Crippen MR) is 77.0 cm³/mol. The van der Waals surface area contributed by atoms with Crippen molar-refractivity contribution in [2.75, 3.05) is 30.8 Å². The highest BCUT2D eigenvalue weighted by Crippen LogP contribution is 2.23. The number of nitrogens with zero attached hydrogens (tertiary/aromatic N) is 1. The molecule has 0 bridgehead atoms. The maximum absolute atomic E-state index is 11.1. The van der Waals surface area contributed by atoms with Gasteiger partial charge in [0.05, 0.1) is 11.5 Å². The van der Waals surface area contributed by atoms with Gasteiger partial charge in [-0.3, -0.25) is 14.9 Å². The Balaban J connectivity index is 2.53. The van der Waals surface area contributed by atoms with Crippen LogP contribution in [0.2, 0.25) is 0 Å². The van der Waals surface area contributed by atoms with E-state index in [1.54, 1.807) is 20.0 Å². The van der Waals surface area contributed by atoms with Crippen molar-refractivity contribution in [3.05, 3.63) is 28.3 Å². The number of benzene rings is 1. The van der Waals surface area contributed by atoms with Gasteiger partial charge < -0.3 is 15.4 Å². The van der Waals surface area contributed by atoms with Crippen LogP contribution in [-0.2, 0) is 9.53 Å². The highest BCUT2D eigenvalue weighted by molar-refractivity contribution is 5.69. The first-order chi connectivity index (χ1) is 9.56. The highest BCUT2D eigenvalue weighted by atomic mass is 16.6. The molecule has 1 aromatic carbocycles. The summed E-state index contributed by atoms with van der Waals surface area (Å²) in [4.78, 5) is 21.5. The Labute approximate surface area is 117 Å². The summed E-state index contributed by atoms with van der Waals surface area (Å²) in [5.41, 5.74) is 1.32. The van der Waals surface area contributed by atoms with E-state index in [0.29, 0.717) is 37.4 Å². The van der Waals surface area contributed by atoms with Gasteiger partial charge in [0.1, 0.15) is 0 Å². The Bertz CT molecular complexity index is 477. The van der Waals surface area contributed by atoms with Gasteiger partial charge in [-0.15, -0.1) is 0 Å². The molecule has 0 aromatic heterocycles. The van der Waals surface area contributed by atoms with Crippen molar-refractivity contribution in [2.24, 2.45) is 0 Å². The molecule has 1 aromatic rings. The first-order valence-electron chi connectivity index (χ1n) is 6.43. The van der Waals surface area contributed by atoms with Crippen molar-refractivity contribution < 1.29 is 14.5 Å². The van der Waals surface area contributed by atoms with Gasteiger partial charge in [0, 0.05) is 43.5 Å². The number of carbonyl (C=O) groups excluding carboxylic acids is 1. The maximum atomic E-state index is 11.1. The Morgan fingerprint density at radius 2 is 2.05 bits per heavy atom. The van der Waals surface area contributed by atoms with Crippen LogP contribution in [-0.4, -0.2) is 31.1 Å². The second kappa shape index (κ2) is 7.98. The van der Waals surface area contributed by atoms with Crippen molar-refractivity contribution in [1.82, 2.24) is 0 Å². The average molecular weight is 281 g/mol. The molecule has 0 aliphatic heterocycles. The summed E-state index contributed by atoms with van der Waals surface area (Å²) in [6.45, 7) is 2.68. The third-order valence-electron chi connectivity index (χ3n) is 2.61. The number of nitrogens with one attached hydrogen (secondary N) is 2. The van der Waals surface area contributed by atoms with E-state index in [0.717, 1.165) is 0 Å². The third kappa shape index (κ3) is 5.13. The SMILES string of the molecule is CCOC(=O)CCCNc1cc(NC)cc([N+](=O)[O-])c1. The van der Waals surface area contributed by atoms with Crippen molar-refractivity contribution in [2.45, 2.75) is 19.8 Å². The smallest absolute Gasteiger partial charge is 0.305 e. The van der Waals surface area contributed by atoms with Crippen LogP contribution in [0, 0.1) is 10.1 Å². The molecule has 2 N–H and O–H groups in total. The van der Waals surface area contributed by atoms with Gasteiger partial charge in [-0.25, -0.2) is 0 Å². The van der Waals surface area contributed by atoms with Gasteiger partial charge in [0.2, 0.25) is 0 Å². The van der Waals surface area contributed by atoms with E-state index in [1.165, 1.54) is 12.1 Å². The zero-order chi connectivity index (χ0) is 15.0. The van der Waals surface area contributed by atoms with Crippen molar-refractivity contribution >= 4 is 23.0 Å². The summed E-state index contributed by atoms with van der Waals surface area (Å²) >= 11 is 0. The molecule has 7 heteroatoms. The van der Waals surface area contributed by atoms with Crippen LogP contribution in [0.3, 0.4) is 0 Å². The Morgan fingerprint density at radius 1 is 1.35 bits per heavy atom. The largest absolute Gasteiger partial charge is 0.466 e. The summed E-state index contributed by atoms with van der Waals surface area (Å²) < 4.78 is 4.82. The van der Waals surface area contributed by atoms with Crippen molar-refractivity contribution in [1.29, 1.82) is 0 Å². The molecule has 20 heavy (non-hydrogen) atoms. The first kappa shape index (κ1) is 15.7. The minimum absolute atomic E-state index is 0.0183. The van der Waals surface area contributed by atoms with E-state index in [4.69, 9.17) is 4.74 Å². The summed E-state index contributed by atoms with van der Waals surface area (Å²) in [5.74, 6) is -0.232. The van der Waals surface area contributed by atoms with Gasteiger partial charge in [-0.2, -0.15) is 0 Å².